The summed E-state index contributed by atoms with van der Waals surface area (Å²) in [4.78, 5) is 44.7. The number of nitrogens with zero attached hydrogens (tertiary/aromatic N) is 3. The first-order chi connectivity index (χ1) is 16.3. The second kappa shape index (κ2) is 9.73. The molecule has 7 nitrogen and oxygen atoms in total. The highest BCUT2D eigenvalue weighted by Gasteiger charge is 2.35. The highest BCUT2D eigenvalue weighted by Crippen LogP contribution is 2.23. The van der Waals surface area contributed by atoms with Crippen LogP contribution in [0.3, 0.4) is 0 Å². The van der Waals surface area contributed by atoms with Crippen molar-refractivity contribution in [1.82, 2.24) is 19.8 Å². The Morgan fingerprint density at radius 1 is 0.882 bits per heavy atom. The number of hydrogen-bond acceptors (Lipinski definition) is 5. The van der Waals surface area contributed by atoms with Gasteiger partial charge >= 0.3 is 0 Å². The maximum absolute atomic E-state index is 13.2. The van der Waals surface area contributed by atoms with Crippen LogP contribution < -0.4 is 10.9 Å². The van der Waals surface area contributed by atoms with E-state index in [1.165, 1.54) is 4.90 Å². The average molecular weight is 459 g/mol. The van der Waals surface area contributed by atoms with Crippen LogP contribution in [0.1, 0.15) is 63.3 Å². The maximum Gasteiger partial charge on any atom is 0.261 e. The van der Waals surface area contributed by atoms with E-state index < -0.39 is 0 Å². The molecular weight excluding hydrogens is 428 g/mol. The van der Waals surface area contributed by atoms with Crippen molar-refractivity contribution < 1.29 is 9.59 Å². The number of rotatable bonds is 8. The number of imide groups is 1. The Labute approximate surface area is 199 Å². The van der Waals surface area contributed by atoms with E-state index in [1.807, 2.05) is 37.3 Å². The van der Waals surface area contributed by atoms with Crippen molar-refractivity contribution in [3.05, 3.63) is 98.7 Å². The number of benzene rings is 2. The van der Waals surface area contributed by atoms with Gasteiger partial charge in [0.2, 0.25) is 0 Å². The molecular formula is C27H30N4O3. The molecule has 7 heteroatoms. The first-order valence-corrected chi connectivity index (χ1v) is 11.6. The van der Waals surface area contributed by atoms with Crippen molar-refractivity contribution in [2.45, 2.75) is 40.3 Å². The lowest BCUT2D eigenvalue weighted by Crippen LogP contribution is -2.41. The number of hydrogen-bond donors (Lipinski definition) is 1. The quantitative estimate of drug-likeness (QED) is 0.523. The molecule has 1 atom stereocenters. The van der Waals surface area contributed by atoms with Gasteiger partial charge in [0.15, 0.2) is 0 Å². The molecule has 1 N–H and O–H groups in total. The van der Waals surface area contributed by atoms with Crippen molar-refractivity contribution in [2.24, 2.45) is 5.92 Å². The highest BCUT2D eigenvalue weighted by molar-refractivity contribution is 6.21. The number of aromatic nitrogens is 2. The van der Waals surface area contributed by atoms with Crippen molar-refractivity contribution in [1.29, 1.82) is 0 Å². The van der Waals surface area contributed by atoms with E-state index >= 15 is 0 Å². The van der Waals surface area contributed by atoms with Crippen LogP contribution in [0.4, 0.5) is 0 Å². The van der Waals surface area contributed by atoms with Crippen LogP contribution in [0.2, 0.25) is 0 Å². The van der Waals surface area contributed by atoms with Crippen molar-refractivity contribution in [3.8, 4) is 0 Å². The van der Waals surface area contributed by atoms with Crippen LogP contribution in [-0.4, -0.2) is 39.4 Å². The van der Waals surface area contributed by atoms with E-state index in [2.05, 4.69) is 19.2 Å². The van der Waals surface area contributed by atoms with Gasteiger partial charge in [-0.2, -0.15) is 0 Å². The molecule has 4 rings (SSSR count). The Morgan fingerprint density at radius 2 is 1.47 bits per heavy atom. The van der Waals surface area contributed by atoms with E-state index in [0.29, 0.717) is 41.3 Å². The van der Waals surface area contributed by atoms with E-state index in [-0.39, 0.29) is 35.9 Å². The molecule has 0 saturated carbocycles. The summed E-state index contributed by atoms with van der Waals surface area (Å²) < 4.78 is 1.73. The fraction of sp³-hybridized carbons (Fsp3) is 0.333. The molecule has 0 aliphatic carbocycles. The Kier molecular flexibility index (Phi) is 6.75. The van der Waals surface area contributed by atoms with E-state index in [9.17, 15) is 14.4 Å². The summed E-state index contributed by atoms with van der Waals surface area (Å²) in [5.74, 6) is 0.245. The van der Waals surface area contributed by atoms with Gasteiger partial charge in [-0.05, 0) is 37.5 Å². The van der Waals surface area contributed by atoms with Gasteiger partial charge in [-0.25, -0.2) is 4.98 Å². The summed E-state index contributed by atoms with van der Waals surface area (Å²) in [7, 11) is 0. The zero-order valence-electron chi connectivity index (χ0n) is 20.0. The maximum atomic E-state index is 13.2. The smallest absolute Gasteiger partial charge is 0.261 e. The molecule has 0 radical (unpaired) electrons. The molecule has 2 heterocycles. The average Bonchev–Trinajstić information content (AvgIpc) is 3.07. The Balaban J connectivity index is 1.58. The normalized spacial score (nSPS) is 14.1. The molecule has 0 saturated heterocycles. The topological polar surface area (TPSA) is 84.3 Å². The number of carbonyl (C=O) groups is 2. The standard InChI is InChI=1S/C27H30N4O3/c1-17(2)23(28-14-15-30-26(33)21-12-8-9-13-22(21)27(30)34)24-29-19(4)18(3)25(32)31(24)16-20-10-6-5-7-11-20/h5-13,17,23,28H,14-16H2,1-4H3/t23-/m1/s1. The third kappa shape index (κ3) is 4.43. The Bertz CT molecular complexity index is 1250. The first-order valence-electron chi connectivity index (χ1n) is 11.6. The molecule has 0 spiro atoms. The molecule has 0 bridgehead atoms. The summed E-state index contributed by atoms with van der Waals surface area (Å²) in [5.41, 5.74) is 3.19. The molecule has 176 valence electrons. The van der Waals surface area contributed by atoms with Gasteiger partial charge in [-0.3, -0.25) is 23.9 Å². The Hall–Kier alpha value is -3.58. The fourth-order valence-electron chi connectivity index (χ4n) is 4.33. The number of nitrogens with one attached hydrogen (secondary N) is 1. The van der Waals surface area contributed by atoms with Gasteiger partial charge < -0.3 is 5.32 Å². The van der Waals surface area contributed by atoms with Crippen molar-refractivity contribution in [2.75, 3.05) is 13.1 Å². The molecule has 0 fully saturated rings. The third-order valence-electron chi connectivity index (χ3n) is 6.37. The lowest BCUT2D eigenvalue weighted by Gasteiger charge is -2.27. The molecule has 0 unspecified atom stereocenters. The van der Waals surface area contributed by atoms with Gasteiger partial charge in [-0.15, -0.1) is 0 Å². The predicted molar refractivity (Wildman–Crippen MR) is 131 cm³/mol. The molecule has 2 amide bonds. The lowest BCUT2D eigenvalue weighted by atomic mass is 10.0. The minimum Gasteiger partial charge on any atom is -0.305 e. The van der Waals surface area contributed by atoms with E-state index in [1.54, 1.807) is 35.8 Å². The van der Waals surface area contributed by atoms with Crippen LogP contribution in [-0.2, 0) is 6.54 Å². The summed E-state index contributed by atoms with van der Waals surface area (Å²) in [6, 6.07) is 16.5. The van der Waals surface area contributed by atoms with Gasteiger partial charge in [0.25, 0.3) is 17.4 Å². The number of fused-ring (bicyclic) bond motifs is 1. The SMILES string of the molecule is Cc1nc([C@H](NCCN2C(=O)c3ccccc3C2=O)C(C)C)n(Cc2ccccc2)c(=O)c1C. The van der Waals surface area contributed by atoms with E-state index in [0.717, 1.165) is 5.56 Å². The number of aryl methyl sites for hydroxylation is 1. The summed E-state index contributed by atoms with van der Waals surface area (Å²) in [6.07, 6.45) is 0. The van der Waals surface area contributed by atoms with E-state index in [4.69, 9.17) is 4.98 Å². The molecule has 1 aliphatic heterocycles. The zero-order chi connectivity index (χ0) is 24.4. The van der Waals surface area contributed by atoms with Crippen LogP contribution >= 0.6 is 0 Å². The summed E-state index contributed by atoms with van der Waals surface area (Å²) >= 11 is 0. The van der Waals surface area contributed by atoms with Crippen LogP contribution in [0.25, 0.3) is 0 Å². The van der Waals surface area contributed by atoms with Crippen molar-refractivity contribution in [3.63, 3.8) is 0 Å². The molecule has 34 heavy (non-hydrogen) atoms. The van der Waals surface area contributed by atoms with Gasteiger partial charge in [0.1, 0.15) is 5.82 Å². The molecule has 1 aliphatic rings. The second-order valence-corrected chi connectivity index (χ2v) is 9.04. The lowest BCUT2D eigenvalue weighted by molar-refractivity contribution is 0.0653. The van der Waals surface area contributed by atoms with Gasteiger partial charge in [0.05, 0.1) is 23.7 Å². The summed E-state index contributed by atoms with van der Waals surface area (Å²) in [6.45, 7) is 8.83. The first kappa shape index (κ1) is 23.6. The largest absolute Gasteiger partial charge is 0.305 e. The molecule has 2 aromatic carbocycles. The molecule has 1 aromatic heterocycles. The predicted octanol–water partition coefficient (Wildman–Crippen LogP) is 3.49. The number of amides is 2. The fourth-order valence-corrected chi connectivity index (χ4v) is 4.33. The summed E-state index contributed by atoms with van der Waals surface area (Å²) in [5, 5.41) is 3.46. The monoisotopic (exact) mass is 458 g/mol. The minimum absolute atomic E-state index is 0.0563. The zero-order valence-corrected chi connectivity index (χ0v) is 20.0. The van der Waals surface area contributed by atoms with Crippen molar-refractivity contribution >= 4 is 11.8 Å². The van der Waals surface area contributed by atoms with Gasteiger partial charge in [0, 0.05) is 24.3 Å². The highest BCUT2D eigenvalue weighted by atomic mass is 16.2. The van der Waals surface area contributed by atoms with Crippen LogP contribution in [0.5, 0.6) is 0 Å². The second-order valence-electron chi connectivity index (χ2n) is 9.04. The van der Waals surface area contributed by atoms with Crippen LogP contribution in [0.15, 0.2) is 59.4 Å². The number of carbonyl (C=O) groups excluding carboxylic acids is 2. The van der Waals surface area contributed by atoms with Crippen LogP contribution in [0, 0.1) is 19.8 Å². The Morgan fingerprint density at radius 3 is 2.06 bits per heavy atom. The van der Waals surface area contributed by atoms with Gasteiger partial charge in [-0.1, -0.05) is 56.3 Å². The minimum atomic E-state index is -0.270. The third-order valence-corrected chi connectivity index (χ3v) is 6.37. The molecule has 3 aromatic rings.